The van der Waals surface area contributed by atoms with Gasteiger partial charge in [-0.25, -0.2) is 0 Å². The summed E-state index contributed by atoms with van der Waals surface area (Å²) in [5.41, 5.74) is 0. The van der Waals surface area contributed by atoms with Gasteiger partial charge in [0.05, 0.1) is 0 Å². The Labute approximate surface area is 112 Å². The van der Waals surface area contributed by atoms with Crippen molar-refractivity contribution in [3.63, 3.8) is 0 Å². The van der Waals surface area contributed by atoms with Crippen LogP contribution in [-0.4, -0.2) is 36.5 Å². The van der Waals surface area contributed by atoms with E-state index in [1.807, 2.05) is 11.9 Å². The van der Waals surface area contributed by atoms with Crippen molar-refractivity contribution in [2.45, 2.75) is 71.4 Å². The van der Waals surface area contributed by atoms with Crippen LogP contribution in [0.1, 0.15) is 59.3 Å². The van der Waals surface area contributed by atoms with Gasteiger partial charge in [0.25, 0.3) is 0 Å². The van der Waals surface area contributed by atoms with Gasteiger partial charge in [0.2, 0.25) is 5.91 Å². The lowest BCUT2D eigenvalue weighted by molar-refractivity contribution is -0.132. The number of amides is 1. The smallest absolute Gasteiger partial charge is 0.222 e. The molecule has 1 amide bonds. The zero-order chi connectivity index (χ0) is 13.5. The monoisotopic (exact) mass is 254 g/mol. The van der Waals surface area contributed by atoms with Gasteiger partial charge in [-0.1, -0.05) is 20.3 Å². The van der Waals surface area contributed by atoms with Crippen molar-refractivity contribution in [3.8, 4) is 0 Å². The van der Waals surface area contributed by atoms with E-state index in [1.54, 1.807) is 0 Å². The van der Waals surface area contributed by atoms with Crippen molar-refractivity contribution in [1.29, 1.82) is 0 Å². The van der Waals surface area contributed by atoms with Crippen LogP contribution in [0.4, 0.5) is 0 Å². The minimum atomic E-state index is 0.301. The van der Waals surface area contributed by atoms with Gasteiger partial charge < -0.3 is 10.2 Å². The highest BCUT2D eigenvalue weighted by atomic mass is 16.2. The predicted octanol–water partition coefficient (Wildman–Crippen LogP) is 2.80. The third kappa shape index (κ3) is 5.38. The highest BCUT2D eigenvalue weighted by Gasteiger charge is 2.19. The molecule has 1 N–H and O–H groups in total. The van der Waals surface area contributed by atoms with Crippen LogP contribution in [-0.2, 0) is 4.79 Å². The summed E-state index contributed by atoms with van der Waals surface area (Å²) in [6.07, 6.45) is 6.61. The molecular formula is C15H30N2O. The Bertz CT molecular complexity index is 247. The SMILES string of the molecule is CC(C)CC(C)N(C)C(=O)CCC1CCCCN1. The van der Waals surface area contributed by atoms with E-state index in [0.29, 0.717) is 30.3 Å². The van der Waals surface area contributed by atoms with Gasteiger partial charge in [0, 0.05) is 25.6 Å². The van der Waals surface area contributed by atoms with Crippen molar-refractivity contribution in [1.82, 2.24) is 10.2 Å². The fourth-order valence-corrected chi connectivity index (χ4v) is 2.73. The number of nitrogens with one attached hydrogen (secondary N) is 1. The lowest BCUT2D eigenvalue weighted by atomic mass is 9.99. The minimum Gasteiger partial charge on any atom is -0.343 e. The molecule has 3 heteroatoms. The fraction of sp³-hybridized carbons (Fsp3) is 0.933. The molecule has 0 aromatic heterocycles. The van der Waals surface area contributed by atoms with Crippen LogP contribution in [0.2, 0.25) is 0 Å². The zero-order valence-corrected chi connectivity index (χ0v) is 12.5. The van der Waals surface area contributed by atoms with Crippen molar-refractivity contribution < 1.29 is 4.79 Å². The fourth-order valence-electron chi connectivity index (χ4n) is 2.73. The second-order valence-corrected chi connectivity index (χ2v) is 6.17. The Hall–Kier alpha value is -0.570. The number of nitrogens with zero attached hydrogens (tertiary/aromatic N) is 1. The van der Waals surface area contributed by atoms with Gasteiger partial charge in [-0.15, -0.1) is 0 Å². The first-order valence-corrected chi connectivity index (χ1v) is 7.49. The van der Waals surface area contributed by atoms with E-state index >= 15 is 0 Å². The second kappa shape index (κ2) is 7.78. The number of piperidine rings is 1. The Kier molecular flexibility index (Phi) is 6.69. The lowest BCUT2D eigenvalue weighted by Gasteiger charge is -2.28. The Balaban J connectivity index is 2.26. The molecule has 1 fully saturated rings. The average Bonchev–Trinajstić information content (AvgIpc) is 2.35. The molecule has 0 aromatic rings. The zero-order valence-electron chi connectivity index (χ0n) is 12.5. The summed E-state index contributed by atoms with van der Waals surface area (Å²) in [5, 5.41) is 3.50. The van der Waals surface area contributed by atoms with E-state index in [9.17, 15) is 4.79 Å². The molecule has 2 unspecified atom stereocenters. The van der Waals surface area contributed by atoms with Gasteiger partial charge in [-0.3, -0.25) is 4.79 Å². The Morgan fingerprint density at radius 1 is 1.33 bits per heavy atom. The van der Waals surface area contributed by atoms with Crippen LogP contribution >= 0.6 is 0 Å². The van der Waals surface area contributed by atoms with E-state index in [-0.39, 0.29) is 0 Å². The van der Waals surface area contributed by atoms with Crippen LogP contribution in [0.3, 0.4) is 0 Å². The molecule has 1 rings (SSSR count). The molecule has 0 aromatic carbocycles. The predicted molar refractivity (Wildman–Crippen MR) is 76.6 cm³/mol. The summed E-state index contributed by atoms with van der Waals surface area (Å²) < 4.78 is 0. The lowest BCUT2D eigenvalue weighted by Crippen LogP contribution is -2.38. The van der Waals surface area contributed by atoms with Gasteiger partial charge in [0.1, 0.15) is 0 Å². The van der Waals surface area contributed by atoms with Gasteiger partial charge in [0.15, 0.2) is 0 Å². The topological polar surface area (TPSA) is 32.3 Å². The molecule has 1 heterocycles. The molecule has 1 aliphatic heterocycles. The first-order valence-electron chi connectivity index (χ1n) is 7.49. The van der Waals surface area contributed by atoms with Crippen LogP contribution in [0.5, 0.6) is 0 Å². The van der Waals surface area contributed by atoms with Crippen molar-refractivity contribution in [2.75, 3.05) is 13.6 Å². The summed E-state index contributed by atoms with van der Waals surface area (Å²) in [6.45, 7) is 7.69. The highest BCUT2D eigenvalue weighted by Crippen LogP contribution is 2.15. The molecule has 0 bridgehead atoms. The van der Waals surface area contributed by atoms with E-state index in [4.69, 9.17) is 0 Å². The largest absolute Gasteiger partial charge is 0.343 e. The summed E-state index contributed by atoms with van der Waals surface area (Å²) >= 11 is 0. The van der Waals surface area contributed by atoms with Crippen molar-refractivity contribution >= 4 is 5.91 Å². The maximum absolute atomic E-state index is 12.1. The highest BCUT2D eigenvalue weighted by molar-refractivity contribution is 5.76. The van der Waals surface area contributed by atoms with E-state index < -0.39 is 0 Å². The normalized spacial score (nSPS) is 21.9. The molecular weight excluding hydrogens is 224 g/mol. The number of carbonyl (C=O) groups is 1. The molecule has 0 spiro atoms. The number of hydrogen-bond acceptors (Lipinski definition) is 2. The van der Waals surface area contributed by atoms with Crippen LogP contribution in [0.15, 0.2) is 0 Å². The molecule has 0 radical (unpaired) electrons. The molecule has 3 nitrogen and oxygen atoms in total. The number of rotatable bonds is 6. The number of carbonyl (C=O) groups excluding carboxylic acids is 1. The van der Waals surface area contributed by atoms with E-state index in [0.717, 1.165) is 19.4 Å². The first-order chi connectivity index (χ1) is 8.50. The first kappa shape index (κ1) is 15.5. The van der Waals surface area contributed by atoms with Gasteiger partial charge in [-0.05, 0) is 45.1 Å². The molecule has 1 saturated heterocycles. The Morgan fingerprint density at radius 3 is 2.61 bits per heavy atom. The van der Waals surface area contributed by atoms with Crippen LogP contribution in [0.25, 0.3) is 0 Å². The molecule has 0 aliphatic carbocycles. The Morgan fingerprint density at radius 2 is 2.06 bits per heavy atom. The summed E-state index contributed by atoms with van der Waals surface area (Å²) in [4.78, 5) is 14.0. The van der Waals surface area contributed by atoms with Crippen molar-refractivity contribution in [2.24, 2.45) is 5.92 Å². The van der Waals surface area contributed by atoms with Gasteiger partial charge >= 0.3 is 0 Å². The van der Waals surface area contributed by atoms with Gasteiger partial charge in [-0.2, -0.15) is 0 Å². The third-order valence-electron chi connectivity index (χ3n) is 3.99. The average molecular weight is 254 g/mol. The van der Waals surface area contributed by atoms with Crippen LogP contribution < -0.4 is 5.32 Å². The maximum Gasteiger partial charge on any atom is 0.222 e. The number of hydrogen-bond donors (Lipinski definition) is 1. The maximum atomic E-state index is 12.1. The molecule has 18 heavy (non-hydrogen) atoms. The summed E-state index contributed by atoms with van der Waals surface area (Å²) in [6, 6.07) is 0.924. The third-order valence-corrected chi connectivity index (χ3v) is 3.99. The molecule has 0 saturated carbocycles. The molecule has 1 aliphatic rings. The van der Waals surface area contributed by atoms with E-state index in [1.165, 1.54) is 19.3 Å². The summed E-state index contributed by atoms with van der Waals surface area (Å²) in [5.74, 6) is 0.950. The second-order valence-electron chi connectivity index (χ2n) is 6.17. The van der Waals surface area contributed by atoms with Crippen LogP contribution in [0, 0.1) is 5.92 Å². The quantitative estimate of drug-likeness (QED) is 0.790. The standard InChI is InChI=1S/C15H30N2O/c1-12(2)11-13(3)17(4)15(18)9-8-14-7-5-6-10-16-14/h12-14,16H,5-11H2,1-4H3. The minimum absolute atomic E-state index is 0.301. The molecule has 2 atom stereocenters. The summed E-state index contributed by atoms with van der Waals surface area (Å²) in [7, 11) is 1.95. The van der Waals surface area contributed by atoms with Crippen molar-refractivity contribution in [3.05, 3.63) is 0 Å². The van der Waals surface area contributed by atoms with E-state index in [2.05, 4.69) is 26.1 Å². The molecule has 106 valence electrons.